The van der Waals surface area contributed by atoms with E-state index in [1.54, 1.807) is 6.20 Å². The van der Waals surface area contributed by atoms with Crippen molar-refractivity contribution in [2.24, 2.45) is 5.73 Å². The number of nitrogens with two attached hydrogens (primary N) is 1. The third-order valence-electron chi connectivity index (χ3n) is 4.38. The Morgan fingerprint density at radius 1 is 1.12 bits per heavy atom. The van der Waals surface area contributed by atoms with Gasteiger partial charge in [-0.1, -0.05) is 36.4 Å². The Labute approximate surface area is 151 Å². The van der Waals surface area contributed by atoms with Gasteiger partial charge in [0.25, 0.3) is 0 Å². The van der Waals surface area contributed by atoms with Crippen molar-refractivity contribution in [1.29, 1.82) is 0 Å². The number of aryl methyl sites for hydroxylation is 1. The van der Waals surface area contributed by atoms with Crippen molar-refractivity contribution in [3.63, 3.8) is 0 Å². The lowest BCUT2D eigenvalue weighted by molar-refractivity contribution is -0.118. The van der Waals surface area contributed by atoms with Gasteiger partial charge in [0.1, 0.15) is 6.04 Å². The molecule has 0 radical (unpaired) electrons. The largest absolute Gasteiger partial charge is 0.396 e. The van der Waals surface area contributed by atoms with Gasteiger partial charge in [0.05, 0.1) is 12.3 Å². The number of aromatic nitrogens is 1. The second kappa shape index (κ2) is 8.14. The zero-order chi connectivity index (χ0) is 18.5. The molecule has 6 N–H and O–H groups in total. The molecule has 0 spiro atoms. The van der Waals surface area contributed by atoms with Gasteiger partial charge in [-0.3, -0.25) is 4.79 Å². The summed E-state index contributed by atoms with van der Waals surface area (Å²) in [5.41, 5.74) is 10.4. The predicted molar refractivity (Wildman–Crippen MR) is 103 cm³/mol. The molecular weight excluding hydrogens is 330 g/mol. The summed E-state index contributed by atoms with van der Waals surface area (Å²) in [5.74, 6) is -0.420. The van der Waals surface area contributed by atoms with Crippen LogP contribution in [-0.4, -0.2) is 40.4 Å². The summed E-state index contributed by atoms with van der Waals surface area (Å²) in [5, 5.41) is 21.5. The third-order valence-corrected chi connectivity index (χ3v) is 4.38. The van der Waals surface area contributed by atoms with Crippen LogP contribution < -0.4 is 11.1 Å². The molecule has 0 fully saturated rings. The van der Waals surface area contributed by atoms with Crippen LogP contribution in [0.15, 0.2) is 48.7 Å². The maximum Gasteiger partial charge on any atom is 0.243 e. The number of hydrogen-bond acceptors (Lipinski definition) is 4. The minimum absolute atomic E-state index is 0.202. The van der Waals surface area contributed by atoms with E-state index in [9.17, 15) is 4.79 Å². The van der Waals surface area contributed by atoms with Gasteiger partial charge >= 0.3 is 0 Å². The lowest BCUT2D eigenvalue weighted by Gasteiger charge is -2.09. The number of hydrogen-bond donors (Lipinski definition) is 5. The number of rotatable bonds is 7. The fourth-order valence-electron chi connectivity index (χ4n) is 2.86. The smallest absolute Gasteiger partial charge is 0.243 e. The van der Waals surface area contributed by atoms with Gasteiger partial charge in [0, 0.05) is 23.7 Å². The van der Waals surface area contributed by atoms with Crippen LogP contribution in [0.4, 0.5) is 5.69 Å². The normalized spacial score (nSPS) is 12.3. The summed E-state index contributed by atoms with van der Waals surface area (Å²) >= 11 is 0. The number of anilines is 1. The molecule has 26 heavy (non-hydrogen) atoms. The standard InChI is InChI=1S/C20H23N3O3/c21-17(12-25)20(26)23-19-11-22-18-10-15(7-8-16(18)19)14-5-3-13(4-6-14)2-1-9-24/h3-8,10-11,17,22,24-25H,1-2,9,12,21H2,(H,23,26)/t17-/m1/s1. The Morgan fingerprint density at radius 3 is 2.54 bits per heavy atom. The highest BCUT2D eigenvalue weighted by Gasteiger charge is 2.14. The number of aliphatic hydroxyl groups is 2. The molecule has 0 bridgehead atoms. The van der Waals surface area contributed by atoms with Crippen molar-refractivity contribution >= 4 is 22.5 Å². The van der Waals surface area contributed by atoms with Crippen molar-refractivity contribution in [3.8, 4) is 11.1 Å². The van der Waals surface area contributed by atoms with Crippen molar-refractivity contribution in [2.45, 2.75) is 18.9 Å². The Hall–Kier alpha value is -2.67. The molecule has 0 unspecified atom stereocenters. The molecule has 3 aromatic rings. The van der Waals surface area contributed by atoms with Crippen LogP contribution in [0.2, 0.25) is 0 Å². The van der Waals surface area contributed by atoms with Crippen LogP contribution in [0.5, 0.6) is 0 Å². The SMILES string of the molecule is N[C@H](CO)C(=O)Nc1c[nH]c2cc(-c3ccc(CCCO)cc3)ccc12. The topological polar surface area (TPSA) is 111 Å². The Bertz CT molecular complexity index is 887. The first-order valence-corrected chi connectivity index (χ1v) is 8.61. The lowest BCUT2D eigenvalue weighted by Crippen LogP contribution is -2.38. The molecule has 1 amide bonds. The van der Waals surface area contributed by atoms with Crippen LogP contribution in [0.25, 0.3) is 22.0 Å². The van der Waals surface area contributed by atoms with E-state index in [4.69, 9.17) is 15.9 Å². The highest BCUT2D eigenvalue weighted by molar-refractivity contribution is 6.04. The van der Waals surface area contributed by atoms with Crippen LogP contribution in [0, 0.1) is 0 Å². The van der Waals surface area contributed by atoms with E-state index < -0.39 is 18.6 Å². The number of carbonyl (C=O) groups is 1. The van der Waals surface area contributed by atoms with Gasteiger partial charge in [-0.05, 0) is 35.6 Å². The fraction of sp³-hybridized carbons (Fsp3) is 0.250. The summed E-state index contributed by atoms with van der Waals surface area (Å²) in [6.07, 6.45) is 3.35. The molecule has 6 heteroatoms. The van der Waals surface area contributed by atoms with Crippen LogP contribution in [-0.2, 0) is 11.2 Å². The molecule has 0 saturated carbocycles. The first-order chi connectivity index (χ1) is 12.6. The molecule has 2 aromatic carbocycles. The van der Waals surface area contributed by atoms with E-state index in [1.165, 1.54) is 5.56 Å². The van der Waals surface area contributed by atoms with Crippen molar-refractivity contribution in [3.05, 3.63) is 54.2 Å². The number of amides is 1. The van der Waals surface area contributed by atoms with Gasteiger partial charge in [-0.15, -0.1) is 0 Å². The molecule has 136 valence electrons. The van der Waals surface area contributed by atoms with Gasteiger partial charge in [0.2, 0.25) is 5.91 Å². The first-order valence-electron chi connectivity index (χ1n) is 8.61. The highest BCUT2D eigenvalue weighted by atomic mass is 16.3. The maximum atomic E-state index is 11.9. The number of benzene rings is 2. The van der Waals surface area contributed by atoms with Crippen LogP contribution in [0.1, 0.15) is 12.0 Å². The number of H-pyrrole nitrogens is 1. The van der Waals surface area contributed by atoms with E-state index in [0.717, 1.165) is 34.9 Å². The lowest BCUT2D eigenvalue weighted by atomic mass is 10.0. The average Bonchev–Trinajstić information content (AvgIpc) is 3.08. The molecule has 0 saturated heterocycles. The third kappa shape index (κ3) is 3.94. The van der Waals surface area contributed by atoms with E-state index in [-0.39, 0.29) is 6.61 Å². The molecule has 1 atom stereocenters. The van der Waals surface area contributed by atoms with Crippen molar-refractivity contribution < 1.29 is 15.0 Å². The minimum Gasteiger partial charge on any atom is -0.396 e. The second-order valence-corrected chi connectivity index (χ2v) is 6.27. The minimum atomic E-state index is -0.941. The van der Waals surface area contributed by atoms with E-state index in [2.05, 4.69) is 34.6 Å². The zero-order valence-electron chi connectivity index (χ0n) is 14.4. The molecule has 0 aliphatic heterocycles. The number of aromatic amines is 1. The van der Waals surface area contributed by atoms with Crippen LogP contribution >= 0.6 is 0 Å². The number of nitrogens with one attached hydrogen (secondary N) is 2. The monoisotopic (exact) mass is 353 g/mol. The first kappa shape index (κ1) is 18.1. The van der Waals surface area contributed by atoms with Gasteiger partial charge < -0.3 is 26.2 Å². The molecule has 1 heterocycles. The second-order valence-electron chi connectivity index (χ2n) is 6.27. The van der Waals surface area contributed by atoms with Gasteiger partial charge in [-0.25, -0.2) is 0 Å². The number of carbonyl (C=O) groups excluding carboxylic acids is 1. The molecule has 0 aliphatic rings. The quantitative estimate of drug-likeness (QED) is 0.447. The summed E-state index contributed by atoms with van der Waals surface area (Å²) in [7, 11) is 0. The van der Waals surface area contributed by atoms with E-state index in [1.807, 2.05) is 18.2 Å². The molecule has 1 aromatic heterocycles. The molecule has 3 rings (SSSR count). The average molecular weight is 353 g/mol. The highest BCUT2D eigenvalue weighted by Crippen LogP contribution is 2.29. The summed E-state index contributed by atoms with van der Waals surface area (Å²) in [6, 6.07) is 13.3. The molecule has 0 aliphatic carbocycles. The summed E-state index contributed by atoms with van der Waals surface area (Å²) in [6.45, 7) is -0.194. The summed E-state index contributed by atoms with van der Waals surface area (Å²) in [4.78, 5) is 15.0. The van der Waals surface area contributed by atoms with Gasteiger partial charge in [0.15, 0.2) is 0 Å². The summed E-state index contributed by atoms with van der Waals surface area (Å²) < 4.78 is 0. The van der Waals surface area contributed by atoms with Crippen LogP contribution in [0.3, 0.4) is 0 Å². The Kier molecular flexibility index (Phi) is 5.68. The predicted octanol–water partition coefficient (Wildman–Crippen LogP) is 2.02. The van der Waals surface area contributed by atoms with Crippen molar-refractivity contribution in [2.75, 3.05) is 18.5 Å². The fourth-order valence-corrected chi connectivity index (χ4v) is 2.86. The van der Waals surface area contributed by atoms with E-state index in [0.29, 0.717) is 5.69 Å². The molecular formula is C20H23N3O3. The Morgan fingerprint density at radius 2 is 1.85 bits per heavy atom. The van der Waals surface area contributed by atoms with Gasteiger partial charge in [-0.2, -0.15) is 0 Å². The van der Waals surface area contributed by atoms with Crippen molar-refractivity contribution in [1.82, 2.24) is 4.98 Å². The zero-order valence-corrected chi connectivity index (χ0v) is 14.4. The maximum absolute atomic E-state index is 11.9. The Balaban J connectivity index is 1.81. The number of aliphatic hydroxyl groups excluding tert-OH is 2. The number of fused-ring (bicyclic) bond motifs is 1. The molecule has 6 nitrogen and oxygen atoms in total. The van der Waals surface area contributed by atoms with E-state index >= 15 is 0 Å².